The lowest BCUT2D eigenvalue weighted by Crippen LogP contribution is -1.96. The maximum absolute atomic E-state index is 4.82. The smallest absolute Gasteiger partial charge is 0.0715 e. The molecule has 0 aliphatic carbocycles. The molecule has 5 aromatic carbocycles. The van der Waals surface area contributed by atoms with Crippen molar-refractivity contribution in [2.24, 2.45) is 0 Å². The molecule has 7 rings (SSSR count). The van der Waals surface area contributed by atoms with E-state index in [1.807, 2.05) is 30.6 Å². The highest BCUT2D eigenvalue weighted by atomic mass is 14.7. The lowest BCUT2D eigenvalue weighted by Gasteiger charge is -2.20. The highest BCUT2D eigenvalue weighted by molar-refractivity contribution is 6.29. The van der Waals surface area contributed by atoms with E-state index in [0.29, 0.717) is 0 Å². The molecule has 2 heteroatoms. The lowest BCUT2D eigenvalue weighted by molar-refractivity contribution is 1.30. The SMILES string of the molecule is Cc1ccc2c3ccccc3c3ccccc3c2c1-c1cccc(-c2ccccn2)c1-c1ccccn1. The van der Waals surface area contributed by atoms with Gasteiger partial charge in [0.25, 0.3) is 0 Å². The Bertz CT molecular complexity index is 1890. The van der Waals surface area contributed by atoms with Crippen LogP contribution in [-0.2, 0) is 0 Å². The molecule has 0 spiro atoms. The molecule has 37 heavy (non-hydrogen) atoms. The summed E-state index contributed by atoms with van der Waals surface area (Å²) in [5.41, 5.74) is 7.73. The number of hydrogen-bond acceptors (Lipinski definition) is 2. The van der Waals surface area contributed by atoms with E-state index in [2.05, 4.69) is 104 Å². The van der Waals surface area contributed by atoms with Gasteiger partial charge < -0.3 is 0 Å². The lowest BCUT2D eigenvalue weighted by atomic mass is 9.84. The predicted octanol–water partition coefficient (Wildman–Crippen LogP) is 9.25. The van der Waals surface area contributed by atoms with Crippen LogP contribution in [0.5, 0.6) is 0 Å². The maximum Gasteiger partial charge on any atom is 0.0715 e. The quantitative estimate of drug-likeness (QED) is 0.240. The monoisotopic (exact) mass is 472 g/mol. The standard InChI is InChI=1S/C35H24N2/c1-23-19-20-28-26-13-3-2-11-24(26)25-12-4-5-14-27(25)35(28)33(23)30-16-10-15-29(31-17-6-8-21-36-31)34(30)32-18-7-9-22-37-32/h2-22H,1H3. The van der Waals surface area contributed by atoms with E-state index in [9.17, 15) is 0 Å². The van der Waals surface area contributed by atoms with Gasteiger partial charge >= 0.3 is 0 Å². The summed E-state index contributed by atoms with van der Waals surface area (Å²) in [4.78, 5) is 9.53. The van der Waals surface area contributed by atoms with Gasteiger partial charge in [-0.1, -0.05) is 91.0 Å². The molecule has 0 atom stereocenters. The van der Waals surface area contributed by atoms with Gasteiger partial charge in [-0.3, -0.25) is 9.97 Å². The molecular formula is C35H24N2. The highest BCUT2D eigenvalue weighted by Crippen LogP contribution is 2.46. The average Bonchev–Trinajstić information content (AvgIpc) is 2.98. The Morgan fingerprint density at radius 1 is 0.405 bits per heavy atom. The second-order valence-corrected chi connectivity index (χ2v) is 9.43. The van der Waals surface area contributed by atoms with Crippen LogP contribution < -0.4 is 0 Å². The van der Waals surface area contributed by atoms with Crippen LogP contribution in [0.3, 0.4) is 0 Å². The second kappa shape index (κ2) is 8.69. The fraction of sp³-hybridized carbons (Fsp3) is 0.0286. The minimum absolute atomic E-state index is 0.943. The van der Waals surface area contributed by atoms with Crippen molar-refractivity contribution in [3.8, 4) is 33.6 Å². The van der Waals surface area contributed by atoms with Gasteiger partial charge in [-0.05, 0) is 80.2 Å². The van der Waals surface area contributed by atoms with E-state index >= 15 is 0 Å². The van der Waals surface area contributed by atoms with Crippen molar-refractivity contribution in [1.29, 1.82) is 0 Å². The van der Waals surface area contributed by atoms with Crippen LogP contribution in [0, 0.1) is 6.92 Å². The molecular weight excluding hydrogens is 448 g/mol. The Morgan fingerprint density at radius 2 is 0.946 bits per heavy atom. The Balaban J connectivity index is 1.69. The van der Waals surface area contributed by atoms with E-state index in [1.165, 1.54) is 49.0 Å². The molecule has 0 bridgehead atoms. The molecule has 0 unspecified atom stereocenters. The molecule has 0 radical (unpaired) electrons. The number of fused-ring (bicyclic) bond motifs is 6. The van der Waals surface area contributed by atoms with Crippen molar-refractivity contribution in [1.82, 2.24) is 9.97 Å². The molecule has 174 valence electrons. The molecule has 2 aromatic heterocycles. The van der Waals surface area contributed by atoms with E-state index in [0.717, 1.165) is 22.5 Å². The number of aromatic nitrogens is 2. The Labute approximate surface area is 215 Å². The van der Waals surface area contributed by atoms with Crippen LogP contribution in [0.1, 0.15) is 5.56 Å². The summed E-state index contributed by atoms with van der Waals surface area (Å²) in [5, 5.41) is 7.66. The van der Waals surface area contributed by atoms with E-state index in [1.54, 1.807) is 0 Å². The zero-order valence-corrected chi connectivity index (χ0v) is 20.5. The van der Waals surface area contributed by atoms with Crippen LogP contribution in [-0.4, -0.2) is 9.97 Å². The van der Waals surface area contributed by atoms with E-state index in [-0.39, 0.29) is 0 Å². The molecule has 0 N–H and O–H groups in total. The van der Waals surface area contributed by atoms with Gasteiger partial charge in [0.05, 0.1) is 11.4 Å². The molecule has 2 nitrogen and oxygen atoms in total. The first-order valence-corrected chi connectivity index (χ1v) is 12.6. The third-order valence-electron chi connectivity index (χ3n) is 7.31. The van der Waals surface area contributed by atoms with Gasteiger partial charge in [-0.2, -0.15) is 0 Å². The van der Waals surface area contributed by atoms with Crippen molar-refractivity contribution in [2.75, 3.05) is 0 Å². The summed E-state index contributed by atoms with van der Waals surface area (Å²) in [6.07, 6.45) is 3.72. The zero-order valence-electron chi connectivity index (χ0n) is 20.5. The first-order valence-electron chi connectivity index (χ1n) is 12.6. The minimum atomic E-state index is 0.943. The highest BCUT2D eigenvalue weighted by Gasteiger charge is 2.20. The first-order chi connectivity index (χ1) is 18.3. The van der Waals surface area contributed by atoms with Gasteiger partial charge in [-0.15, -0.1) is 0 Å². The molecule has 2 heterocycles. The predicted molar refractivity (Wildman–Crippen MR) is 156 cm³/mol. The summed E-state index contributed by atoms with van der Waals surface area (Å²) in [5.74, 6) is 0. The number of aryl methyl sites for hydroxylation is 1. The summed E-state index contributed by atoms with van der Waals surface area (Å²) < 4.78 is 0. The van der Waals surface area contributed by atoms with Crippen molar-refractivity contribution < 1.29 is 0 Å². The Kier molecular flexibility index (Phi) is 5.04. The average molecular weight is 473 g/mol. The van der Waals surface area contributed by atoms with E-state index in [4.69, 9.17) is 9.97 Å². The fourth-order valence-corrected chi connectivity index (χ4v) is 5.73. The largest absolute Gasteiger partial charge is 0.256 e. The molecule has 0 aliphatic heterocycles. The Morgan fingerprint density at radius 3 is 1.59 bits per heavy atom. The number of nitrogens with zero attached hydrogens (tertiary/aromatic N) is 2. The van der Waals surface area contributed by atoms with Crippen LogP contribution in [0.4, 0.5) is 0 Å². The van der Waals surface area contributed by atoms with Gasteiger partial charge in [0.1, 0.15) is 0 Å². The van der Waals surface area contributed by atoms with Gasteiger partial charge in [0.15, 0.2) is 0 Å². The number of rotatable bonds is 3. The Hall–Kier alpha value is -4.82. The summed E-state index contributed by atoms with van der Waals surface area (Å²) in [6, 6.07) is 40.8. The van der Waals surface area contributed by atoms with Crippen LogP contribution in [0.2, 0.25) is 0 Å². The normalized spacial score (nSPS) is 11.4. The third kappa shape index (κ3) is 3.41. The molecule has 0 amide bonds. The van der Waals surface area contributed by atoms with Crippen LogP contribution in [0.15, 0.2) is 128 Å². The van der Waals surface area contributed by atoms with Gasteiger partial charge in [-0.25, -0.2) is 0 Å². The van der Waals surface area contributed by atoms with Crippen molar-refractivity contribution in [3.05, 3.63) is 133 Å². The van der Waals surface area contributed by atoms with Crippen LogP contribution in [0.25, 0.3) is 66.0 Å². The summed E-state index contributed by atoms with van der Waals surface area (Å²) in [6.45, 7) is 2.22. The van der Waals surface area contributed by atoms with Crippen molar-refractivity contribution in [3.63, 3.8) is 0 Å². The summed E-state index contributed by atoms with van der Waals surface area (Å²) in [7, 11) is 0. The topological polar surface area (TPSA) is 25.8 Å². The number of pyridine rings is 2. The first kappa shape index (κ1) is 21.5. The number of benzene rings is 5. The van der Waals surface area contributed by atoms with Crippen LogP contribution >= 0.6 is 0 Å². The zero-order chi connectivity index (χ0) is 24.8. The molecule has 0 aliphatic rings. The number of hydrogen-bond donors (Lipinski definition) is 0. The minimum Gasteiger partial charge on any atom is -0.256 e. The fourth-order valence-electron chi connectivity index (χ4n) is 5.73. The third-order valence-corrected chi connectivity index (χ3v) is 7.31. The van der Waals surface area contributed by atoms with E-state index < -0.39 is 0 Å². The van der Waals surface area contributed by atoms with Gasteiger partial charge in [0, 0.05) is 23.5 Å². The molecule has 0 saturated carbocycles. The van der Waals surface area contributed by atoms with Crippen molar-refractivity contribution in [2.45, 2.75) is 6.92 Å². The van der Waals surface area contributed by atoms with Gasteiger partial charge in [0.2, 0.25) is 0 Å². The molecule has 7 aromatic rings. The van der Waals surface area contributed by atoms with Crippen molar-refractivity contribution >= 4 is 32.3 Å². The second-order valence-electron chi connectivity index (χ2n) is 9.43. The maximum atomic E-state index is 4.82. The molecule has 0 fully saturated rings. The summed E-state index contributed by atoms with van der Waals surface area (Å²) >= 11 is 0. The molecule has 0 saturated heterocycles.